The van der Waals surface area contributed by atoms with Crippen molar-refractivity contribution in [2.45, 2.75) is 50.2 Å². The van der Waals surface area contributed by atoms with Gasteiger partial charge in [0.05, 0.1) is 6.54 Å². The highest BCUT2D eigenvalue weighted by Crippen LogP contribution is 2.13. The van der Waals surface area contributed by atoms with Crippen molar-refractivity contribution in [1.82, 2.24) is 9.71 Å². The molecular weight excluding hydrogens is 322 g/mol. The third-order valence-corrected chi connectivity index (χ3v) is 4.93. The molecule has 130 valence electrons. The van der Waals surface area contributed by atoms with E-state index in [2.05, 4.69) is 15.0 Å². The molecule has 0 amide bonds. The van der Waals surface area contributed by atoms with Crippen LogP contribution in [0.2, 0.25) is 0 Å². The smallest absolute Gasteiger partial charge is 0.337 e. The molecule has 0 aromatic carbocycles. The van der Waals surface area contributed by atoms with Crippen LogP contribution < -0.4 is 10.0 Å². The van der Waals surface area contributed by atoms with Gasteiger partial charge in [0.25, 0.3) is 0 Å². The summed E-state index contributed by atoms with van der Waals surface area (Å²) in [5.41, 5.74) is -1.94. The predicted octanol–water partition coefficient (Wildman–Crippen LogP) is 0.796. The number of aliphatic hydroxyl groups is 1. The molecule has 1 aromatic rings. The summed E-state index contributed by atoms with van der Waals surface area (Å²) in [6, 6.07) is 2.65. The summed E-state index contributed by atoms with van der Waals surface area (Å²) in [7, 11) is -3.64. The summed E-state index contributed by atoms with van der Waals surface area (Å²) in [4.78, 5) is 14.7. The molecule has 0 fully saturated rings. The summed E-state index contributed by atoms with van der Waals surface area (Å²) in [5, 5.41) is 21.0. The average molecular weight is 345 g/mol. The van der Waals surface area contributed by atoms with Gasteiger partial charge in [0.1, 0.15) is 10.7 Å². The van der Waals surface area contributed by atoms with Gasteiger partial charge in [0, 0.05) is 12.2 Å². The van der Waals surface area contributed by atoms with Crippen LogP contribution in [0.3, 0.4) is 0 Å². The first-order chi connectivity index (χ1) is 10.6. The molecule has 4 N–H and O–H groups in total. The predicted molar refractivity (Wildman–Crippen MR) is 85.7 cm³/mol. The van der Waals surface area contributed by atoms with Crippen molar-refractivity contribution in [3.63, 3.8) is 0 Å². The van der Waals surface area contributed by atoms with Crippen LogP contribution in [0.4, 0.5) is 5.82 Å². The van der Waals surface area contributed by atoms with E-state index in [-0.39, 0.29) is 23.3 Å². The molecule has 0 aliphatic heterocycles. The maximum absolute atomic E-state index is 12.2. The average Bonchev–Trinajstić information content (AvgIpc) is 2.51. The Balaban J connectivity index is 2.78. The highest BCUT2D eigenvalue weighted by molar-refractivity contribution is 7.89. The van der Waals surface area contributed by atoms with Crippen molar-refractivity contribution < 1.29 is 23.4 Å². The number of rotatable bonds is 9. The Kier molecular flexibility index (Phi) is 6.48. The van der Waals surface area contributed by atoms with E-state index in [4.69, 9.17) is 5.11 Å². The third kappa shape index (κ3) is 5.45. The fourth-order valence-corrected chi connectivity index (χ4v) is 3.07. The van der Waals surface area contributed by atoms with Gasteiger partial charge in [-0.15, -0.1) is 0 Å². The van der Waals surface area contributed by atoms with Crippen molar-refractivity contribution in [2.75, 3.05) is 11.9 Å². The number of hydrogen-bond acceptors (Lipinski definition) is 6. The first-order valence-electron chi connectivity index (χ1n) is 7.30. The van der Waals surface area contributed by atoms with E-state index in [1.165, 1.54) is 18.3 Å². The number of aromatic nitrogens is 1. The lowest BCUT2D eigenvalue weighted by molar-refractivity contribution is -0.155. The van der Waals surface area contributed by atoms with Gasteiger partial charge in [-0.3, -0.25) is 0 Å². The van der Waals surface area contributed by atoms with E-state index in [0.29, 0.717) is 12.8 Å². The van der Waals surface area contributed by atoms with E-state index in [1.807, 2.05) is 13.8 Å². The Hall–Kier alpha value is -1.71. The molecule has 1 heterocycles. The van der Waals surface area contributed by atoms with Crippen LogP contribution in [0, 0.1) is 0 Å². The van der Waals surface area contributed by atoms with Gasteiger partial charge < -0.3 is 15.5 Å². The monoisotopic (exact) mass is 345 g/mol. The molecule has 0 bridgehead atoms. The number of nitrogens with one attached hydrogen (secondary N) is 2. The molecular formula is C14H23N3O5S. The first-order valence-corrected chi connectivity index (χ1v) is 8.78. The Bertz CT molecular complexity index is 624. The standard InChI is InChI=1S/C14H23N3O5S/c1-4-10(5-2)17-23(21,22)11-6-7-12(15-8-11)16-9-14(3,20)13(18)19/h6-8,10,17,20H,4-5,9H2,1-3H3,(H,15,16)(H,18,19). The van der Waals surface area contributed by atoms with Crippen LogP contribution in [0.1, 0.15) is 33.6 Å². The Morgan fingerprint density at radius 3 is 2.39 bits per heavy atom. The zero-order valence-electron chi connectivity index (χ0n) is 13.4. The second-order valence-electron chi connectivity index (χ2n) is 5.45. The molecule has 0 saturated heterocycles. The number of hydrogen-bond donors (Lipinski definition) is 4. The second-order valence-corrected chi connectivity index (χ2v) is 7.16. The fraction of sp³-hybridized carbons (Fsp3) is 0.571. The Morgan fingerprint density at radius 1 is 1.35 bits per heavy atom. The molecule has 0 saturated carbocycles. The maximum atomic E-state index is 12.2. The first kappa shape index (κ1) is 19.3. The van der Waals surface area contributed by atoms with Gasteiger partial charge >= 0.3 is 5.97 Å². The number of sulfonamides is 1. The van der Waals surface area contributed by atoms with Crippen molar-refractivity contribution in [2.24, 2.45) is 0 Å². The lowest BCUT2D eigenvalue weighted by atomic mass is 10.1. The molecule has 0 aliphatic carbocycles. The normalized spacial score (nSPS) is 14.5. The van der Waals surface area contributed by atoms with Crippen LogP contribution >= 0.6 is 0 Å². The van der Waals surface area contributed by atoms with Crippen molar-refractivity contribution in [3.05, 3.63) is 18.3 Å². The molecule has 23 heavy (non-hydrogen) atoms. The molecule has 0 spiro atoms. The zero-order valence-corrected chi connectivity index (χ0v) is 14.2. The minimum absolute atomic E-state index is 0.0277. The lowest BCUT2D eigenvalue weighted by Gasteiger charge is -2.19. The second kappa shape index (κ2) is 7.71. The maximum Gasteiger partial charge on any atom is 0.337 e. The molecule has 1 unspecified atom stereocenters. The third-order valence-electron chi connectivity index (χ3n) is 3.43. The van der Waals surface area contributed by atoms with Crippen LogP contribution in [0.5, 0.6) is 0 Å². The minimum atomic E-state index is -3.64. The van der Waals surface area contributed by atoms with E-state index in [0.717, 1.165) is 6.92 Å². The zero-order chi connectivity index (χ0) is 17.7. The van der Waals surface area contributed by atoms with Crippen LogP contribution in [-0.4, -0.2) is 47.8 Å². The number of carboxylic acid groups (broad SMARTS) is 1. The number of aliphatic carboxylic acids is 1. The highest BCUT2D eigenvalue weighted by atomic mass is 32.2. The number of carbonyl (C=O) groups is 1. The number of carboxylic acids is 1. The van der Waals surface area contributed by atoms with Crippen LogP contribution in [0.15, 0.2) is 23.2 Å². The summed E-state index contributed by atoms with van der Waals surface area (Å²) in [6.07, 6.45) is 2.56. The van der Waals surface area contributed by atoms with Gasteiger partial charge in [0.15, 0.2) is 5.60 Å². The molecule has 0 aliphatic rings. The molecule has 1 aromatic heterocycles. The molecule has 0 radical (unpaired) electrons. The van der Waals surface area contributed by atoms with Gasteiger partial charge in [-0.1, -0.05) is 13.8 Å². The lowest BCUT2D eigenvalue weighted by Crippen LogP contribution is -2.41. The van der Waals surface area contributed by atoms with E-state index >= 15 is 0 Å². The summed E-state index contributed by atoms with van der Waals surface area (Å²) in [5.74, 6) is -1.09. The van der Waals surface area contributed by atoms with E-state index in [9.17, 15) is 18.3 Å². The summed E-state index contributed by atoms with van der Waals surface area (Å²) < 4.78 is 27.0. The SMILES string of the molecule is CCC(CC)NS(=O)(=O)c1ccc(NCC(C)(O)C(=O)O)nc1. The van der Waals surface area contributed by atoms with Gasteiger partial charge in [-0.25, -0.2) is 22.9 Å². The summed E-state index contributed by atoms with van der Waals surface area (Å²) in [6.45, 7) is 4.70. The minimum Gasteiger partial charge on any atom is -0.479 e. The molecule has 9 heteroatoms. The van der Waals surface area contributed by atoms with Gasteiger partial charge in [-0.2, -0.15) is 0 Å². The van der Waals surface area contributed by atoms with E-state index < -0.39 is 21.6 Å². The van der Waals surface area contributed by atoms with Crippen molar-refractivity contribution in [1.29, 1.82) is 0 Å². The topological polar surface area (TPSA) is 129 Å². The molecule has 1 atom stereocenters. The molecule has 1 rings (SSSR count). The molecule has 8 nitrogen and oxygen atoms in total. The number of anilines is 1. The Labute approximate surface area is 136 Å². The van der Waals surface area contributed by atoms with Gasteiger partial charge in [0.2, 0.25) is 10.0 Å². The van der Waals surface area contributed by atoms with Crippen LogP contribution in [-0.2, 0) is 14.8 Å². The summed E-state index contributed by atoms with van der Waals surface area (Å²) >= 11 is 0. The van der Waals surface area contributed by atoms with Gasteiger partial charge in [-0.05, 0) is 31.9 Å². The fourth-order valence-electron chi connectivity index (χ4n) is 1.72. The van der Waals surface area contributed by atoms with E-state index in [1.54, 1.807) is 0 Å². The van der Waals surface area contributed by atoms with Crippen LogP contribution in [0.25, 0.3) is 0 Å². The van der Waals surface area contributed by atoms with Crippen molar-refractivity contribution >= 4 is 21.8 Å². The largest absolute Gasteiger partial charge is 0.479 e. The Morgan fingerprint density at radius 2 is 1.96 bits per heavy atom. The highest BCUT2D eigenvalue weighted by Gasteiger charge is 2.29. The number of pyridine rings is 1. The quantitative estimate of drug-likeness (QED) is 0.521. The van der Waals surface area contributed by atoms with Crippen molar-refractivity contribution in [3.8, 4) is 0 Å². The number of nitrogens with zero attached hydrogens (tertiary/aromatic N) is 1.